The van der Waals surface area contributed by atoms with E-state index in [1.54, 1.807) is 6.07 Å². The number of carboxylic acids is 1. The van der Waals surface area contributed by atoms with Gasteiger partial charge < -0.3 is 5.11 Å². The Morgan fingerprint density at radius 1 is 1.53 bits per heavy atom. The van der Waals surface area contributed by atoms with Gasteiger partial charge in [0.05, 0.1) is 5.02 Å². The van der Waals surface area contributed by atoms with Crippen LogP contribution in [-0.4, -0.2) is 16.6 Å². The second-order valence-corrected chi connectivity index (χ2v) is 4.75. The molecule has 0 bridgehead atoms. The molecule has 0 aromatic heterocycles. The summed E-state index contributed by atoms with van der Waals surface area (Å²) < 4.78 is 13.2. The average molecular weight is 258 g/mol. The zero-order chi connectivity index (χ0) is 12.5. The van der Waals surface area contributed by atoms with E-state index < -0.39 is 17.3 Å². The van der Waals surface area contributed by atoms with E-state index in [4.69, 9.17) is 16.7 Å². The Kier molecular flexibility index (Phi) is 3.35. The highest BCUT2D eigenvalue weighted by molar-refractivity contribution is 6.30. The third-order valence-electron chi connectivity index (χ3n) is 3.23. The summed E-state index contributed by atoms with van der Waals surface area (Å²) in [6.07, 6.45) is 2.16. The molecule has 0 aliphatic heterocycles. The van der Waals surface area contributed by atoms with E-state index >= 15 is 0 Å². The van der Waals surface area contributed by atoms with Crippen molar-refractivity contribution in [2.24, 2.45) is 0 Å². The highest BCUT2D eigenvalue weighted by Crippen LogP contribution is 2.32. The molecule has 1 saturated carbocycles. The SMILES string of the molecule is O=C(O)C1(NCc2ccc(Cl)c(F)c2)CCC1. The van der Waals surface area contributed by atoms with Crippen LogP contribution in [0.25, 0.3) is 0 Å². The first-order valence-electron chi connectivity index (χ1n) is 5.46. The fraction of sp³-hybridized carbons (Fsp3) is 0.417. The standard InChI is InChI=1S/C12H13ClFNO2/c13-9-3-2-8(6-10(9)14)7-15-12(11(16)17)4-1-5-12/h2-3,6,15H,1,4-5,7H2,(H,16,17). The van der Waals surface area contributed by atoms with Crippen LogP contribution in [0.3, 0.4) is 0 Å². The first-order valence-corrected chi connectivity index (χ1v) is 5.84. The number of nitrogens with one attached hydrogen (secondary N) is 1. The van der Waals surface area contributed by atoms with Gasteiger partial charge in [-0.2, -0.15) is 0 Å². The van der Waals surface area contributed by atoms with Crippen LogP contribution in [0.4, 0.5) is 4.39 Å². The van der Waals surface area contributed by atoms with E-state index in [0.717, 1.165) is 6.42 Å². The summed E-state index contributed by atoms with van der Waals surface area (Å²) in [5, 5.41) is 12.2. The number of benzene rings is 1. The number of carboxylic acid groups (broad SMARTS) is 1. The third-order valence-corrected chi connectivity index (χ3v) is 3.54. The Labute approximate surface area is 104 Å². The van der Waals surface area contributed by atoms with Crippen LogP contribution in [-0.2, 0) is 11.3 Å². The Balaban J connectivity index is 2.02. The van der Waals surface area contributed by atoms with Crippen LogP contribution >= 0.6 is 11.6 Å². The number of rotatable bonds is 4. The van der Waals surface area contributed by atoms with Crippen molar-refractivity contribution in [3.8, 4) is 0 Å². The molecule has 5 heteroatoms. The van der Waals surface area contributed by atoms with Crippen molar-refractivity contribution < 1.29 is 14.3 Å². The molecule has 0 unspecified atom stereocenters. The molecule has 0 radical (unpaired) electrons. The van der Waals surface area contributed by atoms with Crippen molar-refractivity contribution in [2.75, 3.05) is 0 Å². The van der Waals surface area contributed by atoms with Gasteiger partial charge in [-0.3, -0.25) is 10.1 Å². The summed E-state index contributed by atoms with van der Waals surface area (Å²) in [5.41, 5.74) is -0.129. The normalized spacial score (nSPS) is 17.5. The largest absolute Gasteiger partial charge is 0.480 e. The van der Waals surface area contributed by atoms with Crippen LogP contribution < -0.4 is 5.32 Å². The van der Waals surface area contributed by atoms with Crippen molar-refractivity contribution in [1.82, 2.24) is 5.32 Å². The Bertz CT molecular complexity index is 446. The summed E-state index contributed by atoms with van der Waals surface area (Å²) in [6.45, 7) is 0.334. The van der Waals surface area contributed by atoms with E-state index in [1.807, 2.05) is 0 Å². The zero-order valence-electron chi connectivity index (χ0n) is 9.17. The quantitative estimate of drug-likeness (QED) is 0.872. The lowest BCUT2D eigenvalue weighted by atomic mass is 9.76. The van der Waals surface area contributed by atoms with Crippen molar-refractivity contribution in [3.05, 3.63) is 34.6 Å². The summed E-state index contributed by atoms with van der Waals surface area (Å²) >= 11 is 5.57. The monoisotopic (exact) mass is 257 g/mol. The van der Waals surface area contributed by atoms with Gasteiger partial charge in [0, 0.05) is 6.54 Å². The molecule has 0 saturated heterocycles. The molecule has 3 nitrogen and oxygen atoms in total. The summed E-state index contributed by atoms with van der Waals surface area (Å²) in [5.74, 6) is -1.32. The maximum absolute atomic E-state index is 13.2. The van der Waals surface area contributed by atoms with Crippen LogP contribution in [0.5, 0.6) is 0 Å². The molecule has 0 spiro atoms. The minimum Gasteiger partial charge on any atom is -0.480 e. The molecule has 2 rings (SSSR count). The van der Waals surface area contributed by atoms with E-state index in [2.05, 4.69) is 5.32 Å². The maximum Gasteiger partial charge on any atom is 0.323 e. The van der Waals surface area contributed by atoms with E-state index in [0.29, 0.717) is 24.9 Å². The fourth-order valence-electron chi connectivity index (χ4n) is 1.92. The topological polar surface area (TPSA) is 49.3 Å². The van der Waals surface area contributed by atoms with E-state index in [9.17, 15) is 9.18 Å². The first-order chi connectivity index (χ1) is 8.03. The van der Waals surface area contributed by atoms with Gasteiger partial charge in [-0.05, 0) is 37.0 Å². The second kappa shape index (κ2) is 4.63. The highest BCUT2D eigenvalue weighted by Gasteiger charge is 2.43. The lowest BCUT2D eigenvalue weighted by molar-refractivity contribution is -0.148. The van der Waals surface area contributed by atoms with Crippen LogP contribution in [0.1, 0.15) is 24.8 Å². The fourth-order valence-corrected chi connectivity index (χ4v) is 2.03. The molecule has 1 aliphatic carbocycles. The molecule has 0 atom stereocenters. The van der Waals surface area contributed by atoms with Gasteiger partial charge in [-0.1, -0.05) is 17.7 Å². The zero-order valence-corrected chi connectivity index (χ0v) is 9.93. The molecular formula is C12H13ClFNO2. The molecule has 1 aliphatic rings. The van der Waals surface area contributed by atoms with Crippen LogP contribution in [0.15, 0.2) is 18.2 Å². The molecule has 2 N–H and O–H groups in total. The van der Waals surface area contributed by atoms with Gasteiger partial charge in [0.25, 0.3) is 0 Å². The number of hydrogen-bond donors (Lipinski definition) is 2. The Morgan fingerprint density at radius 2 is 2.24 bits per heavy atom. The molecule has 0 heterocycles. The number of aliphatic carboxylic acids is 1. The summed E-state index contributed by atoms with van der Waals surface area (Å²) in [4.78, 5) is 11.1. The molecule has 1 aromatic carbocycles. The van der Waals surface area contributed by atoms with E-state index in [-0.39, 0.29) is 5.02 Å². The van der Waals surface area contributed by atoms with Gasteiger partial charge in [0.15, 0.2) is 0 Å². The van der Waals surface area contributed by atoms with Gasteiger partial charge in [-0.15, -0.1) is 0 Å². The lowest BCUT2D eigenvalue weighted by Gasteiger charge is -2.38. The summed E-state index contributed by atoms with van der Waals surface area (Å²) in [7, 11) is 0. The van der Waals surface area contributed by atoms with Gasteiger partial charge in [-0.25, -0.2) is 4.39 Å². The molecule has 17 heavy (non-hydrogen) atoms. The van der Waals surface area contributed by atoms with Crippen LogP contribution in [0, 0.1) is 5.82 Å². The van der Waals surface area contributed by atoms with Gasteiger partial charge >= 0.3 is 5.97 Å². The first kappa shape index (κ1) is 12.3. The highest BCUT2D eigenvalue weighted by atomic mass is 35.5. The molecule has 1 fully saturated rings. The maximum atomic E-state index is 13.2. The average Bonchev–Trinajstić information content (AvgIpc) is 2.21. The smallest absolute Gasteiger partial charge is 0.323 e. The van der Waals surface area contributed by atoms with Crippen LogP contribution in [0.2, 0.25) is 5.02 Å². The van der Waals surface area contributed by atoms with Crippen molar-refractivity contribution in [2.45, 2.75) is 31.3 Å². The predicted molar refractivity (Wildman–Crippen MR) is 62.5 cm³/mol. The minimum absolute atomic E-state index is 0.0744. The molecular weight excluding hydrogens is 245 g/mol. The molecule has 1 aromatic rings. The Morgan fingerprint density at radius 3 is 2.71 bits per heavy atom. The van der Waals surface area contributed by atoms with E-state index in [1.165, 1.54) is 12.1 Å². The van der Waals surface area contributed by atoms with Gasteiger partial charge in [0.1, 0.15) is 11.4 Å². The minimum atomic E-state index is -0.835. The molecule has 92 valence electrons. The van der Waals surface area contributed by atoms with Gasteiger partial charge in [0.2, 0.25) is 0 Å². The second-order valence-electron chi connectivity index (χ2n) is 4.34. The van der Waals surface area contributed by atoms with Crippen molar-refractivity contribution in [1.29, 1.82) is 0 Å². The number of hydrogen-bond acceptors (Lipinski definition) is 2. The Hall–Kier alpha value is -1.13. The number of carbonyl (C=O) groups is 1. The molecule has 0 amide bonds. The predicted octanol–water partition coefficient (Wildman–Crippen LogP) is 2.58. The van der Waals surface area contributed by atoms with Crippen molar-refractivity contribution in [3.63, 3.8) is 0 Å². The van der Waals surface area contributed by atoms with Crippen molar-refractivity contribution >= 4 is 17.6 Å². The number of halogens is 2. The summed E-state index contributed by atoms with van der Waals surface area (Å²) in [6, 6.07) is 4.48. The third kappa shape index (κ3) is 2.42. The lowest BCUT2D eigenvalue weighted by Crippen LogP contribution is -2.56.